The summed E-state index contributed by atoms with van der Waals surface area (Å²) >= 11 is 0. The average Bonchev–Trinajstić information content (AvgIpc) is 2.82. The van der Waals surface area contributed by atoms with Crippen LogP contribution in [-0.2, 0) is 24.1 Å². The molecule has 0 unspecified atom stereocenters. The minimum absolute atomic E-state index is 0.0335. The van der Waals surface area contributed by atoms with Crippen LogP contribution in [0.2, 0.25) is 0 Å². The van der Waals surface area contributed by atoms with E-state index in [-0.39, 0.29) is 17.0 Å². The van der Waals surface area contributed by atoms with Crippen LogP contribution in [0.25, 0.3) is 11.0 Å². The molecule has 0 radical (unpaired) electrons. The number of aromatic nitrogens is 2. The highest BCUT2D eigenvalue weighted by molar-refractivity contribution is 7.92. The lowest BCUT2D eigenvalue weighted by atomic mass is 10.2. The molecule has 34 heavy (non-hydrogen) atoms. The molecule has 0 saturated carbocycles. The highest BCUT2D eigenvalue weighted by atomic mass is 32.2. The molecule has 0 spiro atoms. The number of halogens is 1. The second-order valence-corrected chi connectivity index (χ2v) is 9.03. The molecule has 0 atom stereocenters. The molecular weight excluding hydrogens is 465 g/mol. The van der Waals surface area contributed by atoms with E-state index in [9.17, 15) is 22.4 Å². The summed E-state index contributed by atoms with van der Waals surface area (Å²) in [5.74, 6) is 0.0412. The van der Waals surface area contributed by atoms with E-state index < -0.39 is 31.9 Å². The Labute approximate surface area is 193 Å². The standard InChI is InChI=1S/C23H20FN3O6S/c1-26-18-12-17(25-34(30,31)21-7-5-4-6-16(21)24)20(13-19(18)27(2)23(29)22(26)28)33-15-10-8-14(32-3)9-11-15/h4-13,25H,1-3H3. The minimum atomic E-state index is -4.36. The van der Waals surface area contributed by atoms with Crippen molar-refractivity contribution >= 4 is 26.7 Å². The van der Waals surface area contributed by atoms with Crippen molar-refractivity contribution in [1.29, 1.82) is 0 Å². The number of sulfonamides is 1. The summed E-state index contributed by atoms with van der Waals surface area (Å²) in [6, 6.07) is 14.2. The zero-order chi connectivity index (χ0) is 24.6. The Morgan fingerprint density at radius 3 is 2.00 bits per heavy atom. The maximum absolute atomic E-state index is 14.2. The van der Waals surface area contributed by atoms with Gasteiger partial charge in [-0.3, -0.25) is 14.3 Å². The first-order valence-electron chi connectivity index (χ1n) is 9.95. The van der Waals surface area contributed by atoms with Crippen molar-refractivity contribution in [3.63, 3.8) is 0 Å². The number of benzene rings is 3. The molecule has 4 aromatic rings. The van der Waals surface area contributed by atoms with Crippen LogP contribution in [0, 0.1) is 5.82 Å². The summed E-state index contributed by atoms with van der Waals surface area (Å²) in [6.45, 7) is 0. The molecule has 0 aliphatic rings. The number of methoxy groups -OCH3 is 1. The smallest absolute Gasteiger partial charge is 0.316 e. The van der Waals surface area contributed by atoms with Gasteiger partial charge in [0.1, 0.15) is 22.2 Å². The quantitative estimate of drug-likeness (QED) is 0.421. The average molecular weight is 485 g/mol. The molecule has 0 amide bonds. The maximum Gasteiger partial charge on any atom is 0.316 e. The molecule has 1 N–H and O–H groups in total. The van der Waals surface area contributed by atoms with Gasteiger partial charge >= 0.3 is 11.1 Å². The van der Waals surface area contributed by atoms with E-state index in [1.165, 1.54) is 45.5 Å². The Balaban J connectivity index is 1.92. The number of fused-ring (bicyclic) bond motifs is 1. The first-order valence-corrected chi connectivity index (χ1v) is 11.4. The van der Waals surface area contributed by atoms with Crippen molar-refractivity contribution in [1.82, 2.24) is 9.13 Å². The molecule has 0 aliphatic carbocycles. The van der Waals surface area contributed by atoms with Crippen LogP contribution >= 0.6 is 0 Å². The van der Waals surface area contributed by atoms with Gasteiger partial charge < -0.3 is 18.6 Å². The molecule has 1 heterocycles. The molecule has 0 fully saturated rings. The number of nitrogens with one attached hydrogen (secondary N) is 1. The van der Waals surface area contributed by atoms with Crippen molar-refractivity contribution in [3.8, 4) is 17.2 Å². The molecule has 4 rings (SSSR count). The third kappa shape index (κ3) is 4.13. The summed E-state index contributed by atoms with van der Waals surface area (Å²) in [6.07, 6.45) is 0. The van der Waals surface area contributed by atoms with Gasteiger partial charge in [-0.1, -0.05) is 12.1 Å². The van der Waals surface area contributed by atoms with Gasteiger partial charge in [0.05, 0.1) is 23.8 Å². The lowest BCUT2D eigenvalue weighted by molar-refractivity contribution is 0.413. The van der Waals surface area contributed by atoms with E-state index in [2.05, 4.69) is 4.72 Å². The number of hydrogen-bond acceptors (Lipinski definition) is 6. The van der Waals surface area contributed by atoms with Gasteiger partial charge in [-0.05, 0) is 42.5 Å². The fourth-order valence-electron chi connectivity index (χ4n) is 3.40. The Hall–Kier alpha value is -4.12. The Kier molecular flexibility index (Phi) is 5.88. The Morgan fingerprint density at radius 2 is 1.41 bits per heavy atom. The van der Waals surface area contributed by atoms with Crippen LogP contribution in [0.4, 0.5) is 10.1 Å². The Morgan fingerprint density at radius 1 is 0.853 bits per heavy atom. The normalized spacial score (nSPS) is 11.4. The topological polar surface area (TPSA) is 109 Å². The number of hydrogen-bond donors (Lipinski definition) is 1. The third-order valence-corrected chi connectivity index (χ3v) is 6.65. The highest BCUT2D eigenvalue weighted by Crippen LogP contribution is 2.35. The van der Waals surface area contributed by atoms with E-state index in [0.29, 0.717) is 17.0 Å². The Bertz CT molecular complexity index is 1630. The fourth-order valence-corrected chi connectivity index (χ4v) is 4.54. The van der Waals surface area contributed by atoms with Gasteiger partial charge in [0.15, 0.2) is 5.75 Å². The van der Waals surface area contributed by atoms with E-state index in [4.69, 9.17) is 9.47 Å². The lowest BCUT2D eigenvalue weighted by Crippen LogP contribution is -2.39. The van der Waals surface area contributed by atoms with Gasteiger partial charge in [0, 0.05) is 20.2 Å². The van der Waals surface area contributed by atoms with Gasteiger partial charge in [-0.25, -0.2) is 12.8 Å². The third-order valence-electron chi connectivity index (χ3n) is 5.25. The summed E-state index contributed by atoms with van der Waals surface area (Å²) in [5, 5.41) is 0. The van der Waals surface area contributed by atoms with E-state index in [1.54, 1.807) is 24.3 Å². The first kappa shape index (κ1) is 23.1. The molecule has 176 valence electrons. The predicted molar refractivity (Wildman–Crippen MR) is 125 cm³/mol. The molecule has 11 heteroatoms. The van der Waals surface area contributed by atoms with Crippen molar-refractivity contribution in [2.24, 2.45) is 14.1 Å². The summed E-state index contributed by atoms with van der Waals surface area (Å²) < 4.78 is 55.8. The summed E-state index contributed by atoms with van der Waals surface area (Å²) in [4.78, 5) is 24.0. The maximum atomic E-state index is 14.2. The number of rotatable bonds is 6. The second-order valence-electron chi connectivity index (χ2n) is 7.38. The van der Waals surface area contributed by atoms with Crippen molar-refractivity contribution in [2.45, 2.75) is 4.90 Å². The predicted octanol–water partition coefficient (Wildman–Crippen LogP) is 2.98. The SMILES string of the molecule is COc1ccc(Oc2cc3c(cc2NS(=O)(=O)c2ccccc2F)n(C)c(=O)c(=O)n3C)cc1. The number of nitrogens with zero attached hydrogens (tertiary/aromatic N) is 2. The van der Waals surface area contributed by atoms with Crippen molar-refractivity contribution < 1.29 is 22.3 Å². The second kappa shape index (κ2) is 8.67. The van der Waals surface area contributed by atoms with E-state index in [0.717, 1.165) is 21.3 Å². The minimum Gasteiger partial charge on any atom is -0.497 e. The van der Waals surface area contributed by atoms with Crippen LogP contribution in [0.1, 0.15) is 0 Å². The van der Waals surface area contributed by atoms with Gasteiger partial charge in [-0.15, -0.1) is 0 Å². The number of ether oxygens (including phenoxy) is 2. The van der Waals surface area contributed by atoms with Crippen LogP contribution in [0.5, 0.6) is 17.2 Å². The molecule has 1 aromatic heterocycles. The zero-order valence-corrected chi connectivity index (χ0v) is 19.2. The van der Waals surface area contributed by atoms with Gasteiger partial charge in [0.25, 0.3) is 10.0 Å². The first-order chi connectivity index (χ1) is 16.1. The van der Waals surface area contributed by atoms with E-state index >= 15 is 0 Å². The zero-order valence-electron chi connectivity index (χ0n) is 18.4. The van der Waals surface area contributed by atoms with Crippen LogP contribution in [0.3, 0.4) is 0 Å². The summed E-state index contributed by atoms with van der Waals surface area (Å²) in [7, 11) is -0.0297. The lowest BCUT2D eigenvalue weighted by Gasteiger charge is -2.17. The largest absolute Gasteiger partial charge is 0.497 e. The van der Waals surface area contributed by atoms with Gasteiger partial charge in [-0.2, -0.15) is 0 Å². The molecule has 0 bridgehead atoms. The van der Waals surface area contributed by atoms with Gasteiger partial charge in [0.2, 0.25) is 0 Å². The number of aryl methyl sites for hydroxylation is 2. The highest BCUT2D eigenvalue weighted by Gasteiger charge is 2.22. The molecule has 9 nitrogen and oxygen atoms in total. The fraction of sp³-hybridized carbons (Fsp3) is 0.130. The molecular formula is C23H20FN3O6S. The molecule has 0 aliphatic heterocycles. The van der Waals surface area contributed by atoms with Crippen LogP contribution in [0.15, 0.2) is 75.1 Å². The molecule has 3 aromatic carbocycles. The van der Waals surface area contributed by atoms with E-state index in [1.807, 2.05) is 0 Å². The van der Waals surface area contributed by atoms with Crippen LogP contribution in [-0.4, -0.2) is 24.7 Å². The molecule has 0 saturated heterocycles. The number of anilines is 1. The van der Waals surface area contributed by atoms with Crippen LogP contribution < -0.4 is 25.3 Å². The van der Waals surface area contributed by atoms with Crippen molar-refractivity contribution in [3.05, 3.63) is 87.2 Å². The monoisotopic (exact) mass is 485 g/mol. The summed E-state index contributed by atoms with van der Waals surface area (Å²) in [5.41, 5.74) is -1.02. The van der Waals surface area contributed by atoms with Crippen molar-refractivity contribution in [2.75, 3.05) is 11.8 Å².